The molecule has 3 nitrogen and oxygen atoms in total. The topological polar surface area (TPSA) is 41.5 Å². The van der Waals surface area contributed by atoms with E-state index in [1.807, 2.05) is 11.8 Å². The van der Waals surface area contributed by atoms with E-state index in [9.17, 15) is 5.11 Å². The molecule has 1 aromatic carbocycles. The van der Waals surface area contributed by atoms with E-state index >= 15 is 0 Å². The van der Waals surface area contributed by atoms with Gasteiger partial charge in [-0.2, -0.15) is 11.8 Å². The van der Waals surface area contributed by atoms with Crippen LogP contribution in [0.5, 0.6) is 5.75 Å². The van der Waals surface area contributed by atoms with Gasteiger partial charge in [-0.25, -0.2) is 0 Å². The maximum Gasteiger partial charge on any atom is 0.156 e. The monoisotopic (exact) mass is 335 g/mol. The van der Waals surface area contributed by atoms with Crippen molar-refractivity contribution in [1.82, 2.24) is 5.32 Å². The first kappa shape index (κ1) is 16.2. The van der Waals surface area contributed by atoms with Gasteiger partial charge in [0.25, 0.3) is 0 Å². The first-order valence-electron chi connectivity index (χ1n) is 6.73. The minimum absolute atomic E-state index is 0.177. The Morgan fingerprint density at radius 2 is 2.15 bits per heavy atom. The van der Waals surface area contributed by atoms with Gasteiger partial charge < -0.3 is 15.2 Å². The summed E-state index contributed by atoms with van der Waals surface area (Å²) in [5, 5.41) is 14.2. The van der Waals surface area contributed by atoms with Crippen LogP contribution >= 0.6 is 35.0 Å². The summed E-state index contributed by atoms with van der Waals surface area (Å²) in [6, 6.07) is 5.68. The zero-order chi connectivity index (χ0) is 14.4. The molecule has 2 atom stereocenters. The molecule has 0 saturated carbocycles. The normalized spacial score (nSPS) is 20.6. The van der Waals surface area contributed by atoms with Gasteiger partial charge in [-0.05, 0) is 30.7 Å². The second-order valence-corrected chi connectivity index (χ2v) is 6.80. The lowest BCUT2D eigenvalue weighted by molar-refractivity contribution is 0.104. The fourth-order valence-corrected chi connectivity index (χ4v) is 3.68. The van der Waals surface area contributed by atoms with Crippen molar-refractivity contribution in [2.45, 2.75) is 25.0 Å². The third kappa shape index (κ3) is 5.01. The van der Waals surface area contributed by atoms with E-state index in [-0.39, 0.29) is 6.61 Å². The third-order valence-electron chi connectivity index (χ3n) is 3.14. The number of hydrogen-bond donors (Lipinski definition) is 2. The predicted octanol–water partition coefficient (Wildman–Crippen LogP) is 3.22. The Morgan fingerprint density at radius 1 is 1.40 bits per heavy atom. The molecule has 1 heterocycles. The van der Waals surface area contributed by atoms with Crippen molar-refractivity contribution in [1.29, 1.82) is 0 Å². The van der Waals surface area contributed by atoms with Crippen LogP contribution in [0.4, 0.5) is 0 Å². The van der Waals surface area contributed by atoms with Gasteiger partial charge in [0.1, 0.15) is 12.7 Å². The van der Waals surface area contributed by atoms with E-state index in [4.69, 9.17) is 27.9 Å². The fraction of sp³-hybridized carbons (Fsp3) is 0.571. The van der Waals surface area contributed by atoms with Crippen LogP contribution in [0.15, 0.2) is 18.2 Å². The molecule has 0 bridgehead atoms. The van der Waals surface area contributed by atoms with E-state index in [2.05, 4.69) is 5.32 Å². The maximum absolute atomic E-state index is 9.94. The maximum atomic E-state index is 9.94. The Labute approximate surface area is 134 Å². The van der Waals surface area contributed by atoms with Gasteiger partial charge in [0, 0.05) is 18.3 Å². The smallest absolute Gasteiger partial charge is 0.156 e. The molecule has 0 aliphatic carbocycles. The van der Waals surface area contributed by atoms with Crippen molar-refractivity contribution in [3.05, 3.63) is 28.2 Å². The van der Waals surface area contributed by atoms with E-state index in [0.29, 0.717) is 28.4 Å². The molecule has 0 amide bonds. The molecule has 6 heteroatoms. The lowest BCUT2D eigenvalue weighted by Crippen LogP contribution is -2.40. The molecule has 1 fully saturated rings. The Balaban J connectivity index is 1.73. The van der Waals surface area contributed by atoms with Crippen molar-refractivity contribution in [3.8, 4) is 5.75 Å². The second kappa shape index (κ2) is 8.35. The highest BCUT2D eigenvalue weighted by Gasteiger charge is 2.15. The lowest BCUT2D eigenvalue weighted by Gasteiger charge is -2.24. The van der Waals surface area contributed by atoms with Crippen molar-refractivity contribution < 1.29 is 9.84 Å². The number of nitrogens with one attached hydrogen (secondary N) is 1. The molecular weight excluding hydrogens is 317 g/mol. The summed E-state index contributed by atoms with van der Waals surface area (Å²) < 4.78 is 5.51. The summed E-state index contributed by atoms with van der Waals surface area (Å²) in [6.07, 6.45) is 1.84. The molecular formula is C14H19Cl2NO2S. The first-order valence-corrected chi connectivity index (χ1v) is 8.64. The van der Waals surface area contributed by atoms with Crippen LogP contribution in [0.3, 0.4) is 0 Å². The zero-order valence-electron chi connectivity index (χ0n) is 11.1. The van der Waals surface area contributed by atoms with E-state index < -0.39 is 6.10 Å². The van der Waals surface area contributed by atoms with Crippen molar-refractivity contribution in [2.75, 3.05) is 24.7 Å². The van der Waals surface area contributed by atoms with E-state index in [0.717, 1.165) is 5.75 Å². The van der Waals surface area contributed by atoms with Crippen LogP contribution in [-0.2, 0) is 0 Å². The second-order valence-electron chi connectivity index (χ2n) is 4.84. The van der Waals surface area contributed by atoms with Gasteiger partial charge in [-0.3, -0.25) is 0 Å². The average molecular weight is 336 g/mol. The minimum Gasteiger partial charge on any atom is -0.488 e. The molecule has 2 N–H and O–H groups in total. The molecule has 1 saturated heterocycles. The van der Waals surface area contributed by atoms with Crippen molar-refractivity contribution in [3.63, 3.8) is 0 Å². The van der Waals surface area contributed by atoms with Gasteiger partial charge in [-0.1, -0.05) is 29.3 Å². The highest BCUT2D eigenvalue weighted by Crippen LogP contribution is 2.32. The van der Waals surface area contributed by atoms with Gasteiger partial charge >= 0.3 is 0 Å². The summed E-state index contributed by atoms with van der Waals surface area (Å²) >= 11 is 14.0. The summed E-state index contributed by atoms with van der Waals surface area (Å²) in [5.74, 6) is 2.79. The van der Waals surface area contributed by atoms with Crippen molar-refractivity contribution in [2.24, 2.45) is 0 Å². The average Bonchev–Trinajstić information content (AvgIpc) is 2.46. The van der Waals surface area contributed by atoms with Gasteiger partial charge in [0.05, 0.1) is 10.0 Å². The van der Waals surface area contributed by atoms with Crippen LogP contribution in [0, 0.1) is 0 Å². The number of benzene rings is 1. The highest BCUT2D eigenvalue weighted by atomic mass is 35.5. The number of ether oxygens (including phenoxy) is 1. The Kier molecular flexibility index (Phi) is 6.78. The molecule has 0 aromatic heterocycles. The molecule has 112 valence electrons. The molecule has 1 aliphatic rings. The van der Waals surface area contributed by atoms with Gasteiger partial charge in [-0.15, -0.1) is 0 Å². The van der Waals surface area contributed by atoms with Gasteiger partial charge in [0.2, 0.25) is 0 Å². The number of hydrogen-bond acceptors (Lipinski definition) is 4. The number of thioether (sulfide) groups is 1. The highest BCUT2D eigenvalue weighted by molar-refractivity contribution is 7.99. The summed E-state index contributed by atoms with van der Waals surface area (Å²) in [7, 11) is 0. The molecule has 0 spiro atoms. The SMILES string of the molecule is OC(CNC1CCCSC1)COc1c(Cl)cccc1Cl. The van der Waals surface area contributed by atoms with Crippen LogP contribution < -0.4 is 10.1 Å². The number of aliphatic hydroxyl groups is 1. The fourth-order valence-electron chi connectivity index (χ4n) is 2.06. The molecule has 20 heavy (non-hydrogen) atoms. The molecule has 2 rings (SSSR count). The van der Waals surface area contributed by atoms with Crippen LogP contribution in [0.1, 0.15) is 12.8 Å². The van der Waals surface area contributed by atoms with Crippen molar-refractivity contribution >= 4 is 35.0 Å². The molecule has 1 aliphatic heterocycles. The molecule has 1 aromatic rings. The first-order chi connectivity index (χ1) is 9.66. The summed E-state index contributed by atoms with van der Waals surface area (Å²) in [6.45, 7) is 0.698. The summed E-state index contributed by atoms with van der Waals surface area (Å²) in [5.41, 5.74) is 0. The number of para-hydroxylation sites is 1. The van der Waals surface area contributed by atoms with Gasteiger partial charge in [0.15, 0.2) is 5.75 Å². The van der Waals surface area contributed by atoms with Crippen LogP contribution in [-0.4, -0.2) is 41.9 Å². The molecule has 2 unspecified atom stereocenters. The summed E-state index contributed by atoms with van der Waals surface area (Å²) in [4.78, 5) is 0. The quantitative estimate of drug-likeness (QED) is 0.837. The van der Waals surface area contributed by atoms with E-state index in [1.54, 1.807) is 18.2 Å². The predicted molar refractivity (Wildman–Crippen MR) is 86.3 cm³/mol. The Hall–Kier alpha value is -0.130. The molecule has 0 radical (unpaired) electrons. The largest absolute Gasteiger partial charge is 0.488 e. The Bertz CT molecular complexity index is 407. The van der Waals surface area contributed by atoms with Crippen LogP contribution in [0.2, 0.25) is 10.0 Å². The standard InChI is InChI=1S/C14H19Cl2NO2S/c15-12-4-1-5-13(16)14(12)19-8-11(18)7-17-10-3-2-6-20-9-10/h1,4-5,10-11,17-18H,2-3,6-9H2. The third-order valence-corrected chi connectivity index (χ3v) is 4.95. The number of halogens is 2. The number of rotatable bonds is 6. The minimum atomic E-state index is -0.575. The van der Waals surface area contributed by atoms with E-state index in [1.165, 1.54) is 18.6 Å². The zero-order valence-corrected chi connectivity index (χ0v) is 13.5. The Morgan fingerprint density at radius 3 is 2.80 bits per heavy atom. The lowest BCUT2D eigenvalue weighted by atomic mass is 10.2. The number of aliphatic hydroxyl groups excluding tert-OH is 1. The van der Waals surface area contributed by atoms with Crippen LogP contribution in [0.25, 0.3) is 0 Å².